The molecule has 5 heteroatoms. The van der Waals surface area contributed by atoms with Crippen LogP contribution in [0.15, 0.2) is 65.7 Å². The molecule has 0 saturated heterocycles. The Hall–Kier alpha value is -2.40. The molecule has 0 spiro atoms. The molecule has 0 aliphatic heterocycles. The maximum absolute atomic E-state index is 12.4. The van der Waals surface area contributed by atoms with Gasteiger partial charge in [-0.1, -0.05) is 65.0 Å². The molecule has 26 heavy (non-hydrogen) atoms. The second-order valence-corrected chi connectivity index (χ2v) is 7.46. The third-order valence-electron chi connectivity index (χ3n) is 4.26. The van der Waals surface area contributed by atoms with E-state index in [-0.39, 0.29) is 11.9 Å². The van der Waals surface area contributed by atoms with Gasteiger partial charge in [0.2, 0.25) is 5.91 Å². The number of rotatable bonds is 7. The smallest absolute Gasteiger partial charge is 0.220 e. The van der Waals surface area contributed by atoms with Crippen molar-refractivity contribution in [1.82, 2.24) is 14.9 Å². The van der Waals surface area contributed by atoms with Crippen LogP contribution >= 0.6 is 15.9 Å². The van der Waals surface area contributed by atoms with Gasteiger partial charge in [0, 0.05) is 10.9 Å². The number of imidazole rings is 1. The second-order valence-electron chi connectivity index (χ2n) is 6.34. The van der Waals surface area contributed by atoms with Crippen LogP contribution in [-0.2, 0) is 17.8 Å². The Bertz CT molecular complexity index is 917. The number of aromatic nitrogens is 2. The fraction of sp³-hybridized carbons (Fsp3) is 0.238. The van der Waals surface area contributed by atoms with Gasteiger partial charge >= 0.3 is 0 Å². The molecule has 0 saturated carbocycles. The Morgan fingerprint density at radius 3 is 2.62 bits per heavy atom. The predicted molar refractivity (Wildman–Crippen MR) is 109 cm³/mol. The third kappa shape index (κ3) is 4.41. The van der Waals surface area contributed by atoms with Crippen LogP contribution in [0.5, 0.6) is 0 Å². The number of carbonyl (C=O) groups excluding carboxylic acids is 1. The number of fused-ring (bicyclic) bond motifs is 1. The first-order chi connectivity index (χ1) is 12.5. The average Bonchev–Trinajstić information content (AvgIpc) is 2.99. The molecule has 1 unspecified atom stereocenters. The number of para-hydroxylation sites is 2. The maximum atomic E-state index is 12.4. The van der Waals surface area contributed by atoms with Crippen LogP contribution in [0.2, 0.25) is 0 Å². The Morgan fingerprint density at radius 2 is 1.88 bits per heavy atom. The van der Waals surface area contributed by atoms with E-state index in [1.807, 2.05) is 61.5 Å². The van der Waals surface area contributed by atoms with Crippen molar-refractivity contribution in [3.05, 3.63) is 77.0 Å². The largest absolute Gasteiger partial charge is 0.346 e. The standard InChI is InChI=1S/C21H22BrN3O/c1-15(22)14-25-19-11-7-6-10-18(19)24-21(25)16(2)23-20(26)13-12-17-8-4-3-5-9-17/h3-11,16H,1,12-14H2,2H3,(H,23,26). The zero-order valence-electron chi connectivity index (χ0n) is 14.8. The van der Waals surface area contributed by atoms with Crippen molar-refractivity contribution >= 4 is 32.9 Å². The number of allylic oxidation sites excluding steroid dienone is 1. The lowest BCUT2D eigenvalue weighted by Crippen LogP contribution is -2.29. The van der Waals surface area contributed by atoms with Crippen LogP contribution in [0.4, 0.5) is 0 Å². The molecule has 1 aromatic heterocycles. The number of carbonyl (C=O) groups is 1. The first kappa shape index (κ1) is 18.4. The van der Waals surface area contributed by atoms with E-state index in [1.54, 1.807) is 0 Å². The Labute approximate surface area is 162 Å². The molecule has 0 aliphatic rings. The monoisotopic (exact) mass is 411 g/mol. The zero-order valence-corrected chi connectivity index (χ0v) is 16.4. The molecule has 1 atom stereocenters. The summed E-state index contributed by atoms with van der Waals surface area (Å²) in [4.78, 5) is 17.1. The molecule has 0 aliphatic carbocycles. The zero-order chi connectivity index (χ0) is 18.5. The number of hydrogen-bond donors (Lipinski definition) is 1. The van der Waals surface area contributed by atoms with Crippen LogP contribution in [0.1, 0.15) is 30.8 Å². The number of nitrogens with zero attached hydrogens (tertiary/aromatic N) is 2. The molecule has 2 aromatic carbocycles. The molecule has 0 radical (unpaired) electrons. The topological polar surface area (TPSA) is 46.9 Å². The van der Waals surface area contributed by atoms with E-state index in [4.69, 9.17) is 4.98 Å². The Balaban J connectivity index is 1.73. The van der Waals surface area contributed by atoms with Crippen molar-refractivity contribution in [2.24, 2.45) is 0 Å². The molecule has 0 bridgehead atoms. The van der Waals surface area contributed by atoms with Gasteiger partial charge in [-0.15, -0.1) is 0 Å². The first-order valence-electron chi connectivity index (χ1n) is 8.66. The summed E-state index contributed by atoms with van der Waals surface area (Å²) in [6.45, 7) is 6.52. The summed E-state index contributed by atoms with van der Waals surface area (Å²) in [5.74, 6) is 0.859. The average molecular weight is 412 g/mol. The minimum atomic E-state index is -0.183. The van der Waals surface area contributed by atoms with Crippen molar-refractivity contribution in [2.45, 2.75) is 32.4 Å². The van der Waals surface area contributed by atoms with Crippen molar-refractivity contribution < 1.29 is 4.79 Å². The van der Waals surface area contributed by atoms with Crippen LogP contribution in [0, 0.1) is 0 Å². The molecule has 1 amide bonds. The lowest BCUT2D eigenvalue weighted by molar-refractivity contribution is -0.121. The highest BCUT2D eigenvalue weighted by Crippen LogP contribution is 2.23. The van der Waals surface area contributed by atoms with Gasteiger partial charge in [-0.05, 0) is 31.0 Å². The van der Waals surface area contributed by atoms with E-state index in [2.05, 4.69) is 32.4 Å². The van der Waals surface area contributed by atoms with Gasteiger partial charge in [0.1, 0.15) is 5.82 Å². The van der Waals surface area contributed by atoms with E-state index in [0.29, 0.717) is 13.0 Å². The summed E-state index contributed by atoms with van der Waals surface area (Å²) in [7, 11) is 0. The van der Waals surface area contributed by atoms with Gasteiger partial charge in [0.15, 0.2) is 0 Å². The first-order valence-corrected chi connectivity index (χ1v) is 9.45. The molecular formula is C21H22BrN3O. The minimum Gasteiger partial charge on any atom is -0.346 e. The molecule has 4 nitrogen and oxygen atoms in total. The fourth-order valence-electron chi connectivity index (χ4n) is 3.04. The lowest BCUT2D eigenvalue weighted by Gasteiger charge is -2.16. The van der Waals surface area contributed by atoms with Crippen LogP contribution in [-0.4, -0.2) is 15.5 Å². The van der Waals surface area contributed by atoms with Gasteiger partial charge in [-0.25, -0.2) is 4.98 Å². The Morgan fingerprint density at radius 1 is 1.19 bits per heavy atom. The second kappa shape index (κ2) is 8.32. The SMILES string of the molecule is C=C(Br)Cn1c(C(C)NC(=O)CCc2ccccc2)nc2ccccc21. The highest BCUT2D eigenvalue weighted by molar-refractivity contribution is 9.11. The summed E-state index contributed by atoms with van der Waals surface area (Å²) in [6.07, 6.45) is 1.19. The highest BCUT2D eigenvalue weighted by atomic mass is 79.9. The summed E-state index contributed by atoms with van der Waals surface area (Å²) in [6, 6.07) is 17.8. The number of nitrogens with one attached hydrogen (secondary N) is 1. The summed E-state index contributed by atoms with van der Waals surface area (Å²) in [5, 5.41) is 3.07. The predicted octanol–water partition coefficient (Wildman–Crippen LogP) is 4.75. The van der Waals surface area contributed by atoms with E-state index in [1.165, 1.54) is 0 Å². The number of hydrogen-bond acceptors (Lipinski definition) is 2. The molecule has 0 fully saturated rings. The van der Waals surface area contributed by atoms with Crippen molar-refractivity contribution in [1.29, 1.82) is 0 Å². The summed E-state index contributed by atoms with van der Waals surface area (Å²) in [5.41, 5.74) is 3.12. The number of halogens is 1. The molecular weight excluding hydrogens is 390 g/mol. The molecule has 3 aromatic rings. The molecule has 134 valence electrons. The highest BCUT2D eigenvalue weighted by Gasteiger charge is 2.18. The molecule has 1 heterocycles. The van der Waals surface area contributed by atoms with E-state index >= 15 is 0 Å². The quantitative estimate of drug-likeness (QED) is 0.609. The molecule has 3 rings (SSSR count). The fourth-order valence-corrected chi connectivity index (χ4v) is 3.29. The Kier molecular flexibility index (Phi) is 5.89. The van der Waals surface area contributed by atoms with Gasteiger partial charge in [0.05, 0.1) is 23.6 Å². The van der Waals surface area contributed by atoms with Gasteiger partial charge < -0.3 is 9.88 Å². The van der Waals surface area contributed by atoms with Crippen LogP contribution in [0.3, 0.4) is 0 Å². The van der Waals surface area contributed by atoms with Crippen molar-refractivity contribution in [3.63, 3.8) is 0 Å². The van der Waals surface area contributed by atoms with Gasteiger partial charge in [-0.2, -0.15) is 0 Å². The number of benzene rings is 2. The number of aryl methyl sites for hydroxylation is 1. The number of amides is 1. The van der Waals surface area contributed by atoms with Crippen molar-refractivity contribution in [3.8, 4) is 0 Å². The van der Waals surface area contributed by atoms with Gasteiger partial charge in [-0.3, -0.25) is 4.79 Å². The van der Waals surface area contributed by atoms with E-state index < -0.39 is 0 Å². The van der Waals surface area contributed by atoms with Crippen LogP contribution in [0.25, 0.3) is 11.0 Å². The third-order valence-corrected chi connectivity index (χ3v) is 4.51. The summed E-state index contributed by atoms with van der Waals surface area (Å²) < 4.78 is 2.96. The minimum absolute atomic E-state index is 0.0256. The summed E-state index contributed by atoms with van der Waals surface area (Å²) >= 11 is 3.44. The maximum Gasteiger partial charge on any atom is 0.220 e. The van der Waals surface area contributed by atoms with E-state index in [9.17, 15) is 4.79 Å². The van der Waals surface area contributed by atoms with E-state index in [0.717, 1.165) is 33.3 Å². The van der Waals surface area contributed by atoms with Crippen LogP contribution < -0.4 is 5.32 Å². The normalized spacial score (nSPS) is 12.1. The van der Waals surface area contributed by atoms with Gasteiger partial charge in [0.25, 0.3) is 0 Å². The lowest BCUT2D eigenvalue weighted by atomic mass is 10.1. The van der Waals surface area contributed by atoms with Crippen molar-refractivity contribution in [2.75, 3.05) is 0 Å². The molecule has 1 N–H and O–H groups in total.